The molecule has 0 spiro atoms. The smallest absolute Gasteiger partial charge is 0.0739 e. The minimum absolute atomic E-state index is 0.0343. The molecule has 0 heterocycles. The third-order valence-corrected chi connectivity index (χ3v) is 5.36. The van der Waals surface area contributed by atoms with Crippen LogP contribution in [-0.4, -0.2) is 5.66 Å². The maximum Gasteiger partial charge on any atom is 0.0739 e. The predicted molar refractivity (Wildman–Crippen MR) is 69.2 cm³/mol. The Morgan fingerprint density at radius 1 is 1.06 bits per heavy atom. The Hall–Kier alpha value is -1.12. The van der Waals surface area contributed by atoms with Crippen molar-refractivity contribution in [3.63, 3.8) is 0 Å². The Morgan fingerprint density at radius 2 is 1.88 bits per heavy atom. The second kappa shape index (κ2) is 2.65. The number of hydrogen-bond acceptors (Lipinski definition) is 2. The monoisotopic (exact) mass is 226 g/mol. The fraction of sp³-hybridized carbons (Fsp3) is 0.467. The van der Waals surface area contributed by atoms with Gasteiger partial charge in [0.2, 0.25) is 0 Å². The predicted octanol–water partition coefficient (Wildman–Crippen LogP) is 2.14. The number of benzene rings is 1. The van der Waals surface area contributed by atoms with E-state index in [0.29, 0.717) is 0 Å². The Balaban J connectivity index is 1.96. The van der Waals surface area contributed by atoms with E-state index >= 15 is 0 Å². The van der Waals surface area contributed by atoms with Gasteiger partial charge in [-0.15, -0.1) is 0 Å². The van der Waals surface area contributed by atoms with Gasteiger partial charge in [-0.25, -0.2) is 0 Å². The summed E-state index contributed by atoms with van der Waals surface area (Å²) in [6.45, 7) is 0. The van der Waals surface area contributed by atoms with E-state index in [2.05, 4.69) is 36.4 Å². The molecule has 1 aromatic carbocycles. The van der Waals surface area contributed by atoms with Gasteiger partial charge >= 0.3 is 0 Å². The molecular weight excluding hydrogens is 208 g/mol. The summed E-state index contributed by atoms with van der Waals surface area (Å²) in [4.78, 5) is 0. The first-order valence-electron chi connectivity index (χ1n) is 6.48. The summed E-state index contributed by atoms with van der Waals surface area (Å²) in [5, 5.41) is 0. The second-order valence-electron chi connectivity index (χ2n) is 6.04. The molecule has 3 aliphatic rings. The summed E-state index contributed by atoms with van der Waals surface area (Å²) < 4.78 is 0. The van der Waals surface area contributed by atoms with E-state index in [1.54, 1.807) is 0 Å². The van der Waals surface area contributed by atoms with Gasteiger partial charge in [0.1, 0.15) is 0 Å². The highest BCUT2D eigenvalue weighted by Gasteiger charge is 2.75. The normalized spacial score (nSPS) is 40.1. The zero-order valence-corrected chi connectivity index (χ0v) is 9.95. The van der Waals surface area contributed by atoms with E-state index < -0.39 is 5.66 Å². The van der Waals surface area contributed by atoms with Gasteiger partial charge in [-0.1, -0.05) is 36.4 Å². The van der Waals surface area contributed by atoms with E-state index in [1.807, 2.05) is 0 Å². The van der Waals surface area contributed by atoms with Gasteiger partial charge in [0.25, 0.3) is 0 Å². The molecular formula is C15H18N2. The van der Waals surface area contributed by atoms with Crippen molar-refractivity contribution >= 4 is 6.08 Å². The standard InChI is InChI=1S/C15H18N2/c16-15(17)8-3-7-13-10-14(13,15)9-6-11-4-1-2-5-12(11)13/h1-2,4-6,9H,3,7-8,10,16-17H2. The van der Waals surface area contributed by atoms with Crippen molar-refractivity contribution in [3.05, 3.63) is 41.5 Å². The van der Waals surface area contributed by atoms with Gasteiger partial charge < -0.3 is 11.5 Å². The van der Waals surface area contributed by atoms with E-state index in [9.17, 15) is 0 Å². The fourth-order valence-corrected chi connectivity index (χ4v) is 4.41. The van der Waals surface area contributed by atoms with Gasteiger partial charge in [-0.05, 0) is 36.8 Å². The molecule has 88 valence electrons. The third kappa shape index (κ3) is 0.917. The molecule has 3 aliphatic carbocycles. The van der Waals surface area contributed by atoms with Crippen LogP contribution in [0.1, 0.15) is 36.8 Å². The molecule has 0 saturated heterocycles. The lowest BCUT2D eigenvalue weighted by molar-refractivity contribution is 0.199. The minimum Gasteiger partial charge on any atom is -0.313 e. The number of fused-ring (bicyclic) bond motifs is 1. The molecule has 0 radical (unpaired) electrons. The molecule has 2 atom stereocenters. The first-order chi connectivity index (χ1) is 8.11. The Labute approximate surface area is 102 Å². The van der Waals surface area contributed by atoms with Crippen molar-refractivity contribution < 1.29 is 0 Å². The minimum atomic E-state index is -0.519. The van der Waals surface area contributed by atoms with Gasteiger partial charge in [-0.3, -0.25) is 0 Å². The lowest BCUT2D eigenvalue weighted by atomic mass is 9.66. The summed E-state index contributed by atoms with van der Waals surface area (Å²) in [6, 6.07) is 8.71. The summed E-state index contributed by atoms with van der Waals surface area (Å²) in [5.41, 5.74) is 15.4. The molecule has 2 nitrogen and oxygen atoms in total. The zero-order chi connectivity index (χ0) is 11.7. The molecule has 1 aromatic rings. The summed E-state index contributed by atoms with van der Waals surface area (Å²) >= 11 is 0. The Bertz CT molecular complexity index is 531. The molecule has 4 rings (SSSR count). The maximum atomic E-state index is 6.39. The van der Waals surface area contributed by atoms with Crippen molar-refractivity contribution in [2.24, 2.45) is 16.9 Å². The average molecular weight is 226 g/mol. The first kappa shape index (κ1) is 9.86. The van der Waals surface area contributed by atoms with Crippen molar-refractivity contribution in [1.82, 2.24) is 0 Å². The molecule has 2 unspecified atom stereocenters. The molecule has 0 amide bonds. The van der Waals surface area contributed by atoms with E-state index in [4.69, 9.17) is 11.5 Å². The number of hydrogen-bond donors (Lipinski definition) is 2. The zero-order valence-electron chi connectivity index (χ0n) is 9.95. The second-order valence-corrected chi connectivity index (χ2v) is 6.04. The van der Waals surface area contributed by atoms with Crippen LogP contribution in [0.4, 0.5) is 0 Å². The van der Waals surface area contributed by atoms with E-state index in [1.165, 1.54) is 17.5 Å². The molecule has 2 saturated carbocycles. The van der Waals surface area contributed by atoms with E-state index in [-0.39, 0.29) is 10.8 Å². The number of nitrogens with two attached hydrogens (primary N) is 2. The van der Waals surface area contributed by atoms with Crippen LogP contribution in [0.25, 0.3) is 6.08 Å². The Morgan fingerprint density at radius 3 is 2.76 bits per heavy atom. The van der Waals surface area contributed by atoms with Gasteiger partial charge in [0, 0.05) is 10.8 Å². The van der Waals surface area contributed by atoms with Crippen molar-refractivity contribution in [3.8, 4) is 0 Å². The van der Waals surface area contributed by atoms with Gasteiger partial charge in [0.15, 0.2) is 0 Å². The van der Waals surface area contributed by atoms with Gasteiger partial charge in [-0.2, -0.15) is 0 Å². The lowest BCUT2D eigenvalue weighted by Gasteiger charge is -2.43. The fourth-order valence-electron chi connectivity index (χ4n) is 4.41. The molecule has 2 fully saturated rings. The van der Waals surface area contributed by atoms with Crippen LogP contribution in [-0.2, 0) is 5.41 Å². The highest BCUT2D eigenvalue weighted by molar-refractivity contribution is 5.67. The molecule has 0 aromatic heterocycles. The molecule has 0 bridgehead atoms. The van der Waals surface area contributed by atoms with Crippen LogP contribution in [0, 0.1) is 5.41 Å². The molecule has 2 heteroatoms. The number of rotatable bonds is 0. The van der Waals surface area contributed by atoms with Crippen molar-refractivity contribution in [2.75, 3.05) is 0 Å². The first-order valence-corrected chi connectivity index (χ1v) is 6.48. The lowest BCUT2D eigenvalue weighted by Crippen LogP contribution is -2.60. The van der Waals surface area contributed by atoms with Crippen LogP contribution < -0.4 is 11.5 Å². The largest absolute Gasteiger partial charge is 0.313 e. The highest BCUT2D eigenvalue weighted by atomic mass is 15.1. The van der Waals surface area contributed by atoms with Crippen LogP contribution in [0.3, 0.4) is 0 Å². The van der Waals surface area contributed by atoms with E-state index in [0.717, 1.165) is 19.3 Å². The maximum absolute atomic E-state index is 6.39. The van der Waals surface area contributed by atoms with Crippen LogP contribution in [0.15, 0.2) is 30.3 Å². The quantitative estimate of drug-likeness (QED) is 0.666. The third-order valence-electron chi connectivity index (χ3n) is 5.36. The molecule has 17 heavy (non-hydrogen) atoms. The summed E-state index contributed by atoms with van der Waals surface area (Å²) in [5.74, 6) is 0. The molecule has 4 N–H and O–H groups in total. The van der Waals surface area contributed by atoms with Crippen LogP contribution in [0.5, 0.6) is 0 Å². The Kier molecular flexibility index (Phi) is 1.54. The average Bonchev–Trinajstić information content (AvgIpc) is 3.01. The highest BCUT2D eigenvalue weighted by Crippen LogP contribution is 2.75. The topological polar surface area (TPSA) is 52.0 Å². The van der Waals surface area contributed by atoms with Crippen LogP contribution >= 0.6 is 0 Å². The van der Waals surface area contributed by atoms with Crippen molar-refractivity contribution in [1.29, 1.82) is 0 Å². The SMILES string of the molecule is NC1(N)CCCC23CC12C=Cc1ccccc13. The molecule has 0 aliphatic heterocycles. The van der Waals surface area contributed by atoms with Crippen molar-refractivity contribution in [2.45, 2.75) is 36.8 Å². The van der Waals surface area contributed by atoms with Crippen LogP contribution in [0.2, 0.25) is 0 Å². The summed E-state index contributed by atoms with van der Waals surface area (Å²) in [7, 11) is 0. The van der Waals surface area contributed by atoms with Gasteiger partial charge in [0.05, 0.1) is 5.66 Å². The summed E-state index contributed by atoms with van der Waals surface area (Å²) in [6.07, 6.45) is 9.00.